The molecule has 2 heterocycles. The molecule has 0 atom stereocenters. The molecule has 2 rings (SSSR count). The van der Waals surface area contributed by atoms with Gasteiger partial charge in [0, 0.05) is 18.4 Å². The number of thiophene rings is 1. The van der Waals surface area contributed by atoms with Crippen molar-refractivity contribution in [1.29, 1.82) is 0 Å². The molecular weight excluding hydrogens is 250 g/mol. The molecule has 2 aromatic heterocycles. The number of hydrogen-bond acceptors (Lipinski definition) is 4. The third-order valence-electron chi connectivity index (χ3n) is 2.34. The van der Waals surface area contributed by atoms with E-state index in [0.717, 1.165) is 18.7 Å². The number of nitrogens with one attached hydrogen (secondary N) is 1. The van der Waals surface area contributed by atoms with E-state index in [1.165, 1.54) is 5.56 Å². The van der Waals surface area contributed by atoms with Gasteiger partial charge in [0.25, 0.3) is 0 Å². The Morgan fingerprint density at radius 3 is 3.06 bits per heavy atom. The fraction of sp³-hybridized carbons (Fsp3) is 0.167. The summed E-state index contributed by atoms with van der Waals surface area (Å²) in [4.78, 5) is 4.42. The highest BCUT2D eigenvalue weighted by Crippen LogP contribution is 2.10. The molecule has 0 amide bonds. The third-order valence-corrected chi connectivity index (χ3v) is 3.28. The van der Waals surface area contributed by atoms with Crippen LogP contribution in [-0.2, 0) is 6.42 Å². The second-order valence-electron chi connectivity index (χ2n) is 3.60. The molecule has 3 nitrogen and oxygen atoms in total. The Hall–Kier alpha value is -1.46. The Balaban J connectivity index is 1.90. The fourth-order valence-electron chi connectivity index (χ4n) is 1.46. The molecule has 0 unspecified atom stereocenters. The van der Waals surface area contributed by atoms with Crippen LogP contribution in [0.5, 0.6) is 0 Å². The second kappa shape index (κ2) is 5.75. The lowest BCUT2D eigenvalue weighted by atomic mass is 10.2. The van der Waals surface area contributed by atoms with Crippen LogP contribution in [0, 0.1) is 0 Å². The van der Waals surface area contributed by atoms with Gasteiger partial charge in [0.2, 0.25) is 0 Å². The summed E-state index contributed by atoms with van der Waals surface area (Å²) in [5.74, 6) is 0. The number of nitrogens with zero attached hydrogens (tertiary/aromatic N) is 1. The van der Waals surface area contributed by atoms with Crippen LogP contribution in [0.2, 0.25) is 0 Å². The van der Waals surface area contributed by atoms with E-state index in [4.69, 9.17) is 18.0 Å². The van der Waals surface area contributed by atoms with Gasteiger partial charge in [0.1, 0.15) is 4.99 Å². The van der Waals surface area contributed by atoms with Gasteiger partial charge in [-0.3, -0.25) is 4.98 Å². The lowest BCUT2D eigenvalue weighted by molar-refractivity contribution is 1.02. The first-order valence-electron chi connectivity index (χ1n) is 5.26. The first kappa shape index (κ1) is 12.0. The summed E-state index contributed by atoms with van der Waals surface area (Å²) in [5.41, 5.74) is 8.54. The second-order valence-corrected chi connectivity index (χ2v) is 4.82. The van der Waals surface area contributed by atoms with E-state index in [1.54, 1.807) is 17.5 Å². The first-order valence-corrected chi connectivity index (χ1v) is 6.61. The van der Waals surface area contributed by atoms with Crippen LogP contribution in [0.4, 0.5) is 5.69 Å². The largest absolute Gasteiger partial charge is 0.388 e. The van der Waals surface area contributed by atoms with Crippen molar-refractivity contribution in [3.8, 4) is 0 Å². The number of thiocarbonyl (C=S) groups is 1. The van der Waals surface area contributed by atoms with Gasteiger partial charge in [-0.2, -0.15) is 11.3 Å². The van der Waals surface area contributed by atoms with E-state index >= 15 is 0 Å². The van der Waals surface area contributed by atoms with Gasteiger partial charge in [-0.05, 0) is 40.9 Å². The molecule has 17 heavy (non-hydrogen) atoms. The van der Waals surface area contributed by atoms with Crippen molar-refractivity contribution in [2.24, 2.45) is 5.73 Å². The van der Waals surface area contributed by atoms with Crippen LogP contribution in [0.25, 0.3) is 0 Å². The average Bonchev–Trinajstić information content (AvgIpc) is 2.82. The summed E-state index contributed by atoms with van der Waals surface area (Å²) < 4.78 is 0. The number of aromatic nitrogens is 1. The van der Waals surface area contributed by atoms with Crippen molar-refractivity contribution in [1.82, 2.24) is 4.98 Å². The monoisotopic (exact) mass is 263 g/mol. The standard InChI is InChI=1S/C12H13N3S2/c13-12(16)11-7-10(2-5-15-11)14-4-1-9-3-6-17-8-9/h2-3,5-8H,1,4H2,(H2,13,16)(H,14,15). The molecule has 0 saturated heterocycles. The average molecular weight is 263 g/mol. The topological polar surface area (TPSA) is 50.9 Å². The predicted octanol–water partition coefficient (Wildman–Crippen LogP) is 2.43. The van der Waals surface area contributed by atoms with Gasteiger partial charge in [-0.25, -0.2) is 0 Å². The Morgan fingerprint density at radius 1 is 1.47 bits per heavy atom. The Labute approximate surface area is 110 Å². The Bertz CT molecular complexity index is 494. The van der Waals surface area contributed by atoms with Crippen molar-refractivity contribution in [3.05, 3.63) is 46.4 Å². The zero-order chi connectivity index (χ0) is 12.1. The Morgan fingerprint density at radius 2 is 2.35 bits per heavy atom. The molecule has 0 aliphatic rings. The molecule has 0 bridgehead atoms. The van der Waals surface area contributed by atoms with Gasteiger partial charge >= 0.3 is 0 Å². The highest BCUT2D eigenvalue weighted by atomic mass is 32.1. The number of nitrogens with two attached hydrogens (primary N) is 1. The number of anilines is 1. The third kappa shape index (κ3) is 3.51. The van der Waals surface area contributed by atoms with Crippen LogP contribution in [0.1, 0.15) is 11.3 Å². The maximum atomic E-state index is 5.53. The van der Waals surface area contributed by atoms with Crippen LogP contribution >= 0.6 is 23.6 Å². The highest BCUT2D eigenvalue weighted by Gasteiger charge is 1.99. The molecule has 2 aromatic rings. The maximum Gasteiger partial charge on any atom is 0.122 e. The van der Waals surface area contributed by atoms with Gasteiger partial charge < -0.3 is 11.1 Å². The minimum atomic E-state index is 0.325. The molecule has 0 aliphatic carbocycles. The van der Waals surface area contributed by atoms with Crippen LogP contribution in [-0.4, -0.2) is 16.5 Å². The van der Waals surface area contributed by atoms with E-state index in [1.807, 2.05) is 12.1 Å². The minimum Gasteiger partial charge on any atom is -0.388 e. The molecule has 0 saturated carbocycles. The zero-order valence-electron chi connectivity index (χ0n) is 9.22. The quantitative estimate of drug-likeness (QED) is 0.814. The summed E-state index contributed by atoms with van der Waals surface area (Å²) in [5, 5.41) is 7.58. The van der Waals surface area contributed by atoms with Crippen molar-refractivity contribution < 1.29 is 0 Å². The normalized spacial score (nSPS) is 10.1. The maximum absolute atomic E-state index is 5.53. The first-order chi connectivity index (χ1) is 8.25. The summed E-state index contributed by atoms with van der Waals surface area (Å²) in [6.07, 6.45) is 2.72. The van der Waals surface area contributed by atoms with Crippen molar-refractivity contribution in [2.45, 2.75) is 6.42 Å². The van der Waals surface area contributed by atoms with E-state index in [2.05, 4.69) is 27.1 Å². The number of pyridine rings is 1. The SMILES string of the molecule is NC(=S)c1cc(NCCc2ccsc2)ccn1. The Kier molecular flexibility index (Phi) is 4.06. The fourth-order valence-corrected chi connectivity index (χ4v) is 2.28. The smallest absolute Gasteiger partial charge is 0.122 e. The summed E-state index contributed by atoms with van der Waals surface area (Å²) in [7, 11) is 0. The molecule has 0 radical (unpaired) electrons. The summed E-state index contributed by atoms with van der Waals surface area (Å²) in [6.45, 7) is 0.886. The molecule has 0 aliphatic heterocycles. The number of rotatable bonds is 5. The van der Waals surface area contributed by atoms with Crippen molar-refractivity contribution in [2.75, 3.05) is 11.9 Å². The van der Waals surface area contributed by atoms with E-state index in [9.17, 15) is 0 Å². The summed E-state index contributed by atoms with van der Waals surface area (Å²) in [6, 6.07) is 5.92. The molecule has 88 valence electrons. The van der Waals surface area contributed by atoms with Crippen molar-refractivity contribution in [3.63, 3.8) is 0 Å². The highest BCUT2D eigenvalue weighted by molar-refractivity contribution is 7.80. The predicted molar refractivity (Wildman–Crippen MR) is 76.6 cm³/mol. The molecule has 0 aromatic carbocycles. The van der Waals surface area contributed by atoms with E-state index in [-0.39, 0.29) is 0 Å². The minimum absolute atomic E-state index is 0.325. The van der Waals surface area contributed by atoms with Crippen LogP contribution in [0.15, 0.2) is 35.2 Å². The lowest BCUT2D eigenvalue weighted by Gasteiger charge is -2.06. The van der Waals surface area contributed by atoms with Crippen LogP contribution in [0.3, 0.4) is 0 Å². The molecule has 0 spiro atoms. The lowest BCUT2D eigenvalue weighted by Crippen LogP contribution is -2.12. The molecule has 5 heteroatoms. The van der Waals surface area contributed by atoms with Gasteiger partial charge in [-0.1, -0.05) is 12.2 Å². The molecular formula is C12H13N3S2. The van der Waals surface area contributed by atoms with E-state index < -0.39 is 0 Å². The van der Waals surface area contributed by atoms with Gasteiger partial charge in [0.15, 0.2) is 0 Å². The van der Waals surface area contributed by atoms with E-state index in [0.29, 0.717) is 10.7 Å². The van der Waals surface area contributed by atoms with Crippen molar-refractivity contribution >= 4 is 34.2 Å². The zero-order valence-corrected chi connectivity index (χ0v) is 10.9. The number of hydrogen-bond donors (Lipinski definition) is 2. The van der Waals surface area contributed by atoms with Crippen LogP contribution < -0.4 is 11.1 Å². The molecule has 3 N–H and O–H groups in total. The van der Waals surface area contributed by atoms with Gasteiger partial charge in [0.05, 0.1) is 5.69 Å². The molecule has 0 fully saturated rings. The summed E-state index contributed by atoms with van der Waals surface area (Å²) >= 11 is 6.61. The van der Waals surface area contributed by atoms with Gasteiger partial charge in [-0.15, -0.1) is 0 Å².